The SMILES string of the molecule is CCNc1nc(CC)nc(-c2ccncc2C)c1C. The van der Waals surface area contributed by atoms with Gasteiger partial charge in [-0.05, 0) is 32.4 Å². The number of hydrogen-bond donors (Lipinski definition) is 1. The second-order valence-electron chi connectivity index (χ2n) is 4.54. The van der Waals surface area contributed by atoms with Crippen molar-refractivity contribution in [3.63, 3.8) is 0 Å². The van der Waals surface area contributed by atoms with Crippen molar-refractivity contribution in [3.05, 3.63) is 35.4 Å². The maximum Gasteiger partial charge on any atom is 0.133 e. The van der Waals surface area contributed by atoms with Gasteiger partial charge in [-0.2, -0.15) is 0 Å². The number of aryl methyl sites for hydroxylation is 2. The summed E-state index contributed by atoms with van der Waals surface area (Å²) < 4.78 is 0. The molecule has 0 radical (unpaired) electrons. The molecule has 0 atom stereocenters. The van der Waals surface area contributed by atoms with Gasteiger partial charge in [-0.25, -0.2) is 9.97 Å². The van der Waals surface area contributed by atoms with Gasteiger partial charge in [0.05, 0.1) is 5.69 Å². The van der Waals surface area contributed by atoms with E-state index in [0.29, 0.717) is 0 Å². The smallest absolute Gasteiger partial charge is 0.133 e. The van der Waals surface area contributed by atoms with Gasteiger partial charge < -0.3 is 5.32 Å². The summed E-state index contributed by atoms with van der Waals surface area (Å²) in [6.07, 6.45) is 4.51. The van der Waals surface area contributed by atoms with Crippen LogP contribution in [0.4, 0.5) is 5.82 Å². The molecule has 2 aromatic rings. The fraction of sp³-hybridized carbons (Fsp3) is 0.400. The number of hydrogen-bond acceptors (Lipinski definition) is 4. The molecule has 4 nitrogen and oxygen atoms in total. The number of rotatable bonds is 4. The minimum Gasteiger partial charge on any atom is -0.370 e. The molecular formula is C15H20N4. The van der Waals surface area contributed by atoms with Gasteiger partial charge in [0, 0.05) is 36.5 Å². The van der Waals surface area contributed by atoms with Crippen LogP contribution in [0.15, 0.2) is 18.5 Å². The second kappa shape index (κ2) is 5.78. The number of anilines is 1. The Bertz CT molecular complexity index is 578. The molecule has 0 saturated carbocycles. The lowest BCUT2D eigenvalue weighted by Gasteiger charge is -2.14. The molecule has 0 aliphatic carbocycles. The molecule has 2 rings (SSSR count). The van der Waals surface area contributed by atoms with E-state index in [1.165, 1.54) is 0 Å². The summed E-state index contributed by atoms with van der Waals surface area (Å²) in [6, 6.07) is 2.01. The highest BCUT2D eigenvalue weighted by atomic mass is 15.0. The predicted molar refractivity (Wildman–Crippen MR) is 78.3 cm³/mol. The topological polar surface area (TPSA) is 50.7 Å². The van der Waals surface area contributed by atoms with Crippen LogP contribution >= 0.6 is 0 Å². The first-order valence-electron chi connectivity index (χ1n) is 6.69. The third-order valence-corrected chi connectivity index (χ3v) is 3.13. The molecule has 0 unspecified atom stereocenters. The average molecular weight is 256 g/mol. The minimum absolute atomic E-state index is 0.829. The average Bonchev–Trinajstić information content (AvgIpc) is 2.42. The lowest BCUT2D eigenvalue weighted by atomic mass is 10.0. The van der Waals surface area contributed by atoms with Crippen molar-refractivity contribution >= 4 is 5.82 Å². The highest BCUT2D eigenvalue weighted by Gasteiger charge is 2.13. The first kappa shape index (κ1) is 13.5. The van der Waals surface area contributed by atoms with Crippen LogP contribution in [-0.2, 0) is 6.42 Å². The molecule has 4 heteroatoms. The van der Waals surface area contributed by atoms with Crippen molar-refractivity contribution < 1.29 is 0 Å². The summed E-state index contributed by atoms with van der Waals surface area (Å²) in [5, 5.41) is 3.31. The van der Waals surface area contributed by atoms with E-state index in [1.54, 1.807) is 0 Å². The highest BCUT2D eigenvalue weighted by Crippen LogP contribution is 2.27. The lowest BCUT2D eigenvalue weighted by Crippen LogP contribution is -2.08. The van der Waals surface area contributed by atoms with Gasteiger partial charge >= 0.3 is 0 Å². The Morgan fingerprint density at radius 3 is 2.58 bits per heavy atom. The summed E-state index contributed by atoms with van der Waals surface area (Å²) in [7, 11) is 0. The maximum atomic E-state index is 4.69. The quantitative estimate of drug-likeness (QED) is 0.913. The van der Waals surface area contributed by atoms with E-state index in [-0.39, 0.29) is 0 Å². The molecule has 0 aliphatic heterocycles. The van der Waals surface area contributed by atoms with E-state index in [0.717, 1.165) is 47.0 Å². The fourth-order valence-corrected chi connectivity index (χ4v) is 2.06. The number of aromatic nitrogens is 3. The molecule has 1 N–H and O–H groups in total. The summed E-state index contributed by atoms with van der Waals surface area (Å²) in [5.74, 6) is 1.80. The molecule has 0 saturated heterocycles. The van der Waals surface area contributed by atoms with E-state index in [1.807, 2.05) is 18.5 Å². The van der Waals surface area contributed by atoms with Crippen LogP contribution in [0.25, 0.3) is 11.3 Å². The second-order valence-corrected chi connectivity index (χ2v) is 4.54. The van der Waals surface area contributed by atoms with Crippen LogP contribution in [0, 0.1) is 13.8 Å². The Kier molecular flexibility index (Phi) is 4.10. The van der Waals surface area contributed by atoms with Gasteiger partial charge in [0.1, 0.15) is 11.6 Å². The third-order valence-electron chi connectivity index (χ3n) is 3.13. The number of nitrogens with one attached hydrogen (secondary N) is 1. The van der Waals surface area contributed by atoms with Gasteiger partial charge in [0.2, 0.25) is 0 Å². The zero-order valence-corrected chi connectivity index (χ0v) is 12.0. The summed E-state index contributed by atoms with van der Waals surface area (Å²) >= 11 is 0. The molecule has 2 aromatic heterocycles. The summed E-state index contributed by atoms with van der Waals surface area (Å²) in [4.78, 5) is 13.4. The lowest BCUT2D eigenvalue weighted by molar-refractivity contribution is 0.929. The molecule has 19 heavy (non-hydrogen) atoms. The Balaban J connectivity index is 2.62. The van der Waals surface area contributed by atoms with Crippen molar-refractivity contribution in [2.24, 2.45) is 0 Å². The maximum absolute atomic E-state index is 4.69. The minimum atomic E-state index is 0.829. The van der Waals surface area contributed by atoms with Crippen LogP contribution < -0.4 is 5.32 Å². The molecular weight excluding hydrogens is 236 g/mol. The van der Waals surface area contributed by atoms with E-state index in [2.05, 4.69) is 48.0 Å². The van der Waals surface area contributed by atoms with Crippen molar-refractivity contribution in [3.8, 4) is 11.3 Å². The molecule has 0 fully saturated rings. The molecule has 100 valence electrons. The van der Waals surface area contributed by atoms with Crippen molar-refractivity contribution in [2.75, 3.05) is 11.9 Å². The molecule has 0 aromatic carbocycles. The monoisotopic (exact) mass is 256 g/mol. The molecule has 0 amide bonds. The van der Waals surface area contributed by atoms with Gasteiger partial charge in [0.15, 0.2) is 0 Å². The van der Waals surface area contributed by atoms with Crippen molar-refractivity contribution in [2.45, 2.75) is 34.1 Å². The van der Waals surface area contributed by atoms with Gasteiger partial charge in [-0.1, -0.05) is 6.92 Å². The largest absolute Gasteiger partial charge is 0.370 e. The van der Waals surface area contributed by atoms with E-state index in [4.69, 9.17) is 0 Å². The van der Waals surface area contributed by atoms with Gasteiger partial charge in [-0.3, -0.25) is 4.98 Å². The highest BCUT2D eigenvalue weighted by molar-refractivity contribution is 5.70. The Morgan fingerprint density at radius 1 is 1.16 bits per heavy atom. The van der Waals surface area contributed by atoms with E-state index < -0.39 is 0 Å². The van der Waals surface area contributed by atoms with Crippen LogP contribution in [0.2, 0.25) is 0 Å². The third kappa shape index (κ3) is 2.72. The zero-order chi connectivity index (χ0) is 13.8. The van der Waals surface area contributed by atoms with Crippen LogP contribution in [-0.4, -0.2) is 21.5 Å². The number of pyridine rings is 1. The standard InChI is InChI=1S/C15H20N4/c1-5-13-18-14(11(4)15(19-13)17-6-2)12-7-8-16-9-10(12)3/h7-9H,5-6H2,1-4H3,(H,17,18,19). The molecule has 2 heterocycles. The summed E-state index contributed by atoms with van der Waals surface area (Å²) in [5.41, 5.74) is 4.36. The molecule has 0 aliphatic rings. The first-order valence-corrected chi connectivity index (χ1v) is 6.69. The zero-order valence-electron chi connectivity index (χ0n) is 12.0. The Morgan fingerprint density at radius 2 is 1.95 bits per heavy atom. The Labute approximate surface area is 114 Å². The fourth-order valence-electron chi connectivity index (χ4n) is 2.06. The van der Waals surface area contributed by atoms with Crippen LogP contribution in [0.3, 0.4) is 0 Å². The molecule has 0 spiro atoms. The van der Waals surface area contributed by atoms with Gasteiger partial charge in [0.25, 0.3) is 0 Å². The van der Waals surface area contributed by atoms with Gasteiger partial charge in [-0.15, -0.1) is 0 Å². The van der Waals surface area contributed by atoms with E-state index >= 15 is 0 Å². The summed E-state index contributed by atoms with van der Waals surface area (Å²) in [6.45, 7) is 9.12. The van der Waals surface area contributed by atoms with Crippen LogP contribution in [0.5, 0.6) is 0 Å². The predicted octanol–water partition coefficient (Wildman–Crippen LogP) is 3.15. The van der Waals surface area contributed by atoms with Crippen molar-refractivity contribution in [1.29, 1.82) is 0 Å². The normalized spacial score (nSPS) is 10.5. The van der Waals surface area contributed by atoms with E-state index in [9.17, 15) is 0 Å². The van der Waals surface area contributed by atoms with Crippen LogP contribution in [0.1, 0.15) is 30.8 Å². The number of nitrogens with zero attached hydrogens (tertiary/aromatic N) is 3. The first-order chi connectivity index (χ1) is 9.17. The molecule has 0 bridgehead atoms. The van der Waals surface area contributed by atoms with Crippen molar-refractivity contribution in [1.82, 2.24) is 15.0 Å². The Hall–Kier alpha value is -1.97.